The van der Waals surface area contributed by atoms with Gasteiger partial charge in [-0.15, -0.1) is 10.2 Å². The van der Waals surface area contributed by atoms with Gasteiger partial charge in [0.25, 0.3) is 0 Å². The van der Waals surface area contributed by atoms with Crippen LogP contribution in [0.1, 0.15) is 21.9 Å². The summed E-state index contributed by atoms with van der Waals surface area (Å²) in [5, 5.41) is 12.2. The third-order valence-electron chi connectivity index (χ3n) is 4.02. The van der Waals surface area contributed by atoms with Crippen molar-refractivity contribution < 1.29 is 4.79 Å². The smallest absolute Gasteiger partial charge is 0.240 e. The minimum absolute atomic E-state index is 0.0327. The second-order valence-electron chi connectivity index (χ2n) is 6.46. The van der Waals surface area contributed by atoms with Gasteiger partial charge in [0.15, 0.2) is 4.34 Å². The molecule has 3 aromatic rings. The van der Waals surface area contributed by atoms with E-state index in [1.807, 2.05) is 36.4 Å². The van der Waals surface area contributed by atoms with Gasteiger partial charge in [0.1, 0.15) is 5.25 Å². The Morgan fingerprint density at radius 3 is 2.52 bits per heavy atom. The highest BCUT2D eigenvalue weighted by Crippen LogP contribution is 2.39. The summed E-state index contributed by atoms with van der Waals surface area (Å²) in [6, 6.07) is 16.0. The molecule has 1 atom stereocenters. The Bertz CT molecular complexity index is 925. The Balaban J connectivity index is 1.79. The fourth-order valence-corrected chi connectivity index (χ4v) is 4.70. The minimum atomic E-state index is -0.344. The molecule has 1 heterocycles. The van der Waals surface area contributed by atoms with Gasteiger partial charge in [-0.3, -0.25) is 4.79 Å². The molecule has 0 aliphatic heterocycles. The van der Waals surface area contributed by atoms with Gasteiger partial charge in [-0.2, -0.15) is 0 Å². The number of thioether (sulfide) groups is 1. The van der Waals surface area contributed by atoms with Crippen molar-refractivity contribution in [3.8, 4) is 0 Å². The Labute approximate surface area is 167 Å². The Kier molecular flexibility index (Phi) is 6.13. The SMILES string of the molecule is Cc1ccc(Nc2nnc(SC(C(=O)N(C)C)c3ccccc3)s2)c(C)c1. The summed E-state index contributed by atoms with van der Waals surface area (Å²) in [7, 11) is 3.54. The van der Waals surface area contributed by atoms with Crippen molar-refractivity contribution in [2.24, 2.45) is 0 Å². The molecule has 3 rings (SSSR count). The molecule has 140 valence electrons. The lowest BCUT2D eigenvalue weighted by Gasteiger charge is -2.19. The zero-order valence-corrected chi connectivity index (χ0v) is 17.4. The van der Waals surface area contributed by atoms with Gasteiger partial charge in [-0.05, 0) is 31.0 Å². The first-order valence-electron chi connectivity index (χ1n) is 8.54. The fourth-order valence-electron chi connectivity index (χ4n) is 2.60. The number of aryl methyl sites for hydroxylation is 2. The van der Waals surface area contributed by atoms with E-state index < -0.39 is 0 Å². The number of aromatic nitrogens is 2. The standard InChI is InChI=1S/C20H22N4OS2/c1-13-10-11-16(14(2)12-13)21-19-22-23-20(27-19)26-17(18(25)24(3)4)15-8-6-5-7-9-15/h5-12,17H,1-4H3,(H,21,22). The first-order valence-corrected chi connectivity index (χ1v) is 10.2. The van der Waals surface area contributed by atoms with E-state index in [0.29, 0.717) is 5.13 Å². The van der Waals surface area contributed by atoms with E-state index in [0.717, 1.165) is 21.2 Å². The van der Waals surface area contributed by atoms with Crippen LogP contribution in [0.4, 0.5) is 10.8 Å². The summed E-state index contributed by atoms with van der Waals surface area (Å²) in [6.45, 7) is 4.13. The summed E-state index contributed by atoms with van der Waals surface area (Å²) >= 11 is 2.88. The first kappa shape index (κ1) is 19.4. The quantitative estimate of drug-likeness (QED) is 0.603. The topological polar surface area (TPSA) is 58.1 Å². The molecule has 7 heteroatoms. The van der Waals surface area contributed by atoms with Crippen molar-refractivity contribution in [2.75, 3.05) is 19.4 Å². The van der Waals surface area contributed by atoms with Gasteiger partial charge in [0.05, 0.1) is 0 Å². The van der Waals surface area contributed by atoms with Crippen LogP contribution in [0.25, 0.3) is 0 Å². The molecule has 0 bridgehead atoms. The average Bonchev–Trinajstić information content (AvgIpc) is 3.09. The first-order chi connectivity index (χ1) is 12.9. The molecule has 1 aromatic heterocycles. The third kappa shape index (κ3) is 4.87. The number of likely N-dealkylation sites (N-methyl/N-ethyl adjacent to an activating group) is 1. The number of hydrogen-bond donors (Lipinski definition) is 1. The average molecular weight is 399 g/mol. The highest BCUT2D eigenvalue weighted by Gasteiger charge is 2.25. The van der Waals surface area contributed by atoms with Gasteiger partial charge in [-0.25, -0.2) is 0 Å². The van der Waals surface area contributed by atoms with E-state index in [2.05, 4.69) is 41.5 Å². The molecule has 0 saturated heterocycles. The number of benzene rings is 2. The van der Waals surface area contributed by atoms with E-state index in [-0.39, 0.29) is 11.2 Å². The summed E-state index contributed by atoms with van der Waals surface area (Å²) in [5.41, 5.74) is 4.35. The lowest BCUT2D eigenvalue weighted by Crippen LogP contribution is -2.26. The number of nitrogens with zero attached hydrogens (tertiary/aromatic N) is 3. The Morgan fingerprint density at radius 2 is 1.85 bits per heavy atom. The van der Waals surface area contributed by atoms with Crippen LogP contribution in [-0.4, -0.2) is 35.1 Å². The van der Waals surface area contributed by atoms with E-state index in [9.17, 15) is 4.79 Å². The van der Waals surface area contributed by atoms with Crippen LogP contribution in [-0.2, 0) is 4.79 Å². The third-order valence-corrected chi connectivity index (χ3v) is 6.18. The number of carbonyl (C=O) groups is 1. The van der Waals surface area contributed by atoms with Crippen LogP contribution in [0.2, 0.25) is 0 Å². The molecular weight excluding hydrogens is 376 g/mol. The molecule has 5 nitrogen and oxygen atoms in total. The van der Waals surface area contributed by atoms with Crippen LogP contribution in [0.15, 0.2) is 52.9 Å². The van der Waals surface area contributed by atoms with Crippen LogP contribution in [0.5, 0.6) is 0 Å². The number of carbonyl (C=O) groups excluding carboxylic acids is 1. The lowest BCUT2D eigenvalue weighted by molar-refractivity contribution is -0.128. The molecule has 0 saturated carbocycles. The molecule has 0 fully saturated rings. The largest absolute Gasteiger partial charge is 0.348 e. The summed E-state index contributed by atoms with van der Waals surface area (Å²) < 4.78 is 0.756. The summed E-state index contributed by atoms with van der Waals surface area (Å²) in [5.74, 6) is 0.0327. The Hall–Kier alpha value is -2.38. The molecule has 0 spiro atoms. The number of hydrogen-bond acceptors (Lipinski definition) is 6. The van der Waals surface area contributed by atoms with Gasteiger partial charge >= 0.3 is 0 Å². The highest BCUT2D eigenvalue weighted by atomic mass is 32.2. The van der Waals surface area contributed by atoms with Crippen LogP contribution in [0, 0.1) is 13.8 Å². The summed E-state index contributed by atoms with van der Waals surface area (Å²) in [6.07, 6.45) is 0. The zero-order valence-electron chi connectivity index (χ0n) is 15.8. The zero-order chi connectivity index (χ0) is 19.4. The van der Waals surface area contributed by atoms with Crippen molar-refractivity contribution in [3.63, 3.8) is 0 Å². The van der Waals surface area contributed by atoms with Gasteiger partial charge in [-0.1, -0.05) is 71.1 Å². The predicted octanol–water partition coefficient (Wildman–Crippen LogP) is 4.82. The lowest BCUT2D eigenvalue weighted by atomic mass is 10.1. The van der Waals surface area contributed by atoms with Crippen molar-refractivity contribution in [1.29, 1.82) is 0 Å². The molecule has 1 unspecified atom stereocenters. The maximum Gasteiger partial charge on any atom is 0.240 e. The maximum atomic E-state index is 12.7. The van der Waals surface area contributed by atoms with E-state index in [1.54, 1.807) is 19.0 Å². The number of amides is 1. The fraction of sp³-hybridized carbons (Fsp3) is 0.250. The van der Waals surface area contributed by atoms with Crippen molar-refractivity contribution in [1.82, 2.24) is 15.1 Å². The van der Waals surface area contributed by atoms with Crippen molar-refractivity contribution in [2.45, 2.75) is 23.4 Å². The molecule has 1 amide bonds. The summed E-state index contributed by atoms with van der Waals surface area (Å²) in [4.78, 5) is 14.3. The normalized spacial score (nSPS) is 11.9. The molecule has 0 aliphatic rings. The maximum absolute atomic E-state index is 12.7. The second kappa shape index (κ2) is 8.54. The van der Waals surface area contributed by atoms with E-state index >= 15 is 0 Å². The second-order valence-corrected chi connectivity index (χ2v) is 8.79. The Morgan fingerprint density at radius 1 is 1.11 bits per heavy atom. The van der Waals surface area contributed by atoms with Gasteiger partial charge in [0, 0.05) is 19.8 Å². The van der Waals surface area contributed by atoms with E-state index in [1.165, 1.54) is 28.7 Å². The molecular formula is C20H22N4OS2. The molecule has 0 radical (unpaired) electrons. The van der Waals surface area contributed by atoms with Crippen LogP contribution < -0.4 is 5.32 Å². The number of rotatable bonds is 6. The molecule has 2 aromatic carbocycles. The molecule has 27 heavy (non-hydrogen) atoms. The van der Waals surface area contributed by atoms with E-state index in [4.69, 9.17) is 0 Å². The minimum Gasteiger partial charge on any atom is -0.348 e. The highest BCUT2D eigenvalue weighted by molar-refractivity contribution is 8.01. The van der Waals surface area contributed by atoms with Crippen LogP contribution in [0.3, 0.4) is 0 Å². The van der Waals surface area contributed by atoms with Gasteiger partial charge < -0.3 is 10.2 Å². The monoisotopic (exact) mass is 398 g/mol. The van der Waals surface area contributed by atoms with Gasteiger partial charge in [0.2, 0.25) is 11.0 Å². The van der Waals surface area contributed by atoms with Crippen molar-refractivity contribution in [3.05, 3.63) is 65.2 Å². The van der Waals surface area contributed by atoms with Crippen molar-refractivity contribution >= 4 is 39.8 Å². The molecule has 1 N–H and O–H groups in total. The molecule has 0 aliphatic carbocycles. The number of nitrogens with one attached hydrogen (secondary N) is 1. The van der Waals surface area contributed by atoms with Crippen LogP contribution >= 0.6 is 23.1 Å². The number of anilines is 2. The predicted molar refractivity (Wildman–Crippen MR) is 113 cm³/mol.